The molecule has 0 amide bonds. The van der Waals surface area contributed by atoms with Crippen molar-refractivity contribution in [3.63, 3.8) is 0 Å². The van der Waals surface area contributed by atoms with Crippen LogP contribution >= 0.6 is 0 Å². The number of aryl methyl sites for hydroxylation is 2. The van der Waals surface area contributed by atoms with Crippen molar-refractivity contribution in [2.45, 2.75) is 84.7 Å². The van der Waals surface area contributed by atoms with E-state index < -0.39 is 29.6 Å². The molecule has 0 bridgehead atoms. The zero-order valence-electron chi connectivity index (χ0n) is 29.3. The van der Waals surface area contributed by atoms with Gasteiger partial charge in [-0.3, -0.25) is 0 Å². The summed E-state index contributed by atoms with van der Waals surface area (Å²) in [7, 11) is 0. The average molecular weight is 669 g/mol. The van der Waals surface area contributed by atoms with Crippen LogP contribution in [0.15, 0.2) is 55.1 Å². The van der Waals surface area contributed by atoms with E-state index in [1.807, 2.05) is 51.1 Å². The molecule has 2 aromatic carbocycles. The van der Waals surface area contributed by atoms with E-state index in [0.717, 1.165) is 0 Å². The molecule has 258 valence electrons. The lowest BCUT2D eigenvalue weighted by Gasteiger charge is -2.41. The highest BCUT2D eigenvalue weighted by Gasteiger charge is 2.37. The highest BCUT2D eigenvalue weighted by Crippen LogP contribution is 2.40. The lowest BCUT2D eigenvalue weighted by Crippen LogP contribution is -2.45. The highest BCUT2D eigenvalue weighted by molar-refractivity contribution is 5.80. The Labute approximate surface area is 287 Å². The summed E-state index contributed by atoms with van der Waals surface area (Å²) >= 11 is 0. The number of terminal acetylenes is 1. The van der Waals surface area contributed by atoms with Crippen LogP contribution in [0.5, 0.6) is 5.75 Å². The molecule has 1 saturated heterocycles. The van der Waals surface area contributed by atoms with Crippen LogP contribution in [-0.2, 0) is 14.3 Å². The number of carbonyl (C=O) groups is 1. The maximum Gasteiger partial charge on any atom is 0.337 e. The van der Waals surface area contributed by atoms with Crippen molar-refractivity contribution in [2.24, 2.45) is 0 Å². The Balaban J connectivity index is 1.66. The van der Waals surface area contributed by atoms with E-state index in [2.05, 4.69) is 24.3 Å². The molecule has 5 rings (SSSR count). The third kappa shape index (κ3) is 7.79. The highest BCUT2D eigenvalue weighted by atomic mass is 19.1. The van der Waals surface area contributed by atoms with Gasteiger partial charge in [0.25, 0.3) is 0 Å². The smallest absolute Gasteiger partial charge is 0.337 e. The zero-order chi connectivity index (χ0) is 35.7. The van der Waals surface area contributed by atoms with Crippen LogP contribution < -0.4 is 9.64 Å². The summed E-state index contributed by atoms with van der Waals surface area (Å²) < 4.78 is 35.5. The largest absolute Gasteiger partial charge is 0.479 e. The Morgan fingerprint density at radius 2 is 1.88 bits per heavy atom. The summed E-state index contributed by atoms with van der Waals surface area (Å²) in [5, 5.41) is 15.5. The Morgan fingerprint density at radius 3 is 2.51 bits per heavy atom. The van der Waals surface area contributed by atoms with E-state index in [4.69, 9.17) is 30.7 Å². The number of benzene rings is 2. The monoisotopic (exact) mass is 668 g/mol. The van der Waals surface area contributed by atoms with Gasteiger partial charge in [-0.05, 0) is 90.6 Å². The van der Waals surface area contributed by atoms with E-state index in [1.54, 1.807) is 37.4 Å². The molecule has 49 heavy (non-hydrogen) atoms. The number of fused-ring (bicyclic) bond motifs is 1. The normalized spacial score (nSPS) is 15.9. The lowest BCUT2D eigenvalue weighted by atomic mass is 9.92. The molecule has 0 aliphatic carbocycles. The predicted octanol–water partition coefficient (Wildman–Crippen LogP) is 7.72. The second-order valence-corrected chi connectivity index (χ2v) is 13.8. The van der Waals surface area contributed by atoms with E-state index in [-0.39, 0.29) is 5.60 Å². The zero-order valence-corrected chi connectivity index (χ0v) is 29.3. The van der Waals surface area contributed by atoms with Crippen molar-refractivity contribution in [3.05, 3.63) is 77.8 Å². The number of piperidine rings is 1. The van der Waals surface area contributed by atoms with Crippen molar-refractivity contribution in [3.8, 4) is 40.5 Å². The topological polar surface area (TPSA) is 98.4 Å². The molecule has 0 radical (unpaired) electrons. The molecule has 9 nitrogen and oxygen atoms in total. The molecule has 1 fully saturated rings. The molecule has 1 unspecified atom stereocenters. The lowest BCUT2D eigenvalue weighted by molar-refractivity contribution is -0.160. The van der Waals surface area contributed by atoms with Crippen LogP contribution in [0, 0.1) is 32.0 Å². The summed E-state index contributed by atoms with van der Waals surface area (Å²) in [5.74, 6) is 1.96. The minimum atomic E-state index is -1.29. The van der Waals surface area contributed by atoms with E-state index in [0.29, 0.717) is 89.0 Å². The number of anilines is 1. The number of ether oxygens (including phenoxy) is 3. The third-order valence-corrected chi connectivity index (χ3v) is 8.62. The molecule has 1 aliphatic heterocycles. The van der Waals surface area contributed by atoms with Crippen LogP contribution in [0.25, 0.3) is 28.0 Å². The second-order valence-electron chi connectivity index (χ2n) is 13.8. The number of hydrogen-bond acceptors (Lipinski definition) is 7. The first kappa shape index (κ1) is 35.6. The van der Waals surface area contributed by atoms with Crippen molar-refractivity contribution < 1.29 is 28.5 Å². The van der Waals surface area contributed by atoms with Gasteiger partial charge < -0.3 is 24.2 Å². The first-order valence-electron chi connectivity index (χ1n) is 16.5. The van der Waals surface area contributed by atoms with Gasteiger partial charge >= 0.3 is 5.97 Å². The van der Waals surface area contributed by atoms with Crippen LogP contribution in [0.4, 0.5) is 10.2 Å². The quantitative estimate of drug-likeness (QED) is 0.128. The first-order valence-corrected chi connectivity index (χ1v) is 16.5. The molecule has 4 aromatic rings. The van der Waals surface area contributed by atoms with Gasteiger partial charge in [0.1, 0.15) is 17.4 Å². The maximum absolute atomic E-state index is 15.5. The summed E-state index contributed by atoms with van der Waals surface area (Å²) in [6, 6.07) is 12.5. The summed E-state index contributed by atoms with van der Waals surface area (Å²) in [5.41, 5.74) is 3.33. The molecule has 1 N–H and O–H groups in total. The summed E-state index contributed by atoms with van der Waals surface area (Å²) in [4.78, 5) is 19.8. The fourth-order valence-corrected chi connectivity index (χ4v) is 6.19. The van der Waals surface area contributed by atoms with Crippen molar-refractivity contribution in [1.29, 1.82) is 0 Å². The minimum Gasteiger partial charge on any atom is -0.479 e. The molecule has 2 aromatic heterocycles. The predicted molar refractivity (Wildman–Crippen MR) is 189 cm³/mol. The van der Waals surface area contributed by atoms with Crippen molar-refractivity contribution in [2.75, 3.05) is 24.6 Å². The molecular formula is C39H45FN4O5. The molecule has 1 aliphatic rings. The molecule has 3 heterocycles. The van der Waals surface area contributed by atoms with Gasteiger partial charge in [-0.1, -0.05) is 30.2 Å². The maximum atomic E-state index is 15.5. The Kier molecular flexibility index (Phi) is 10.2. The van der Waals surface area contributed by atoms with Gasteiger partial charge in [0.05, 0.1) is 34.6 Å². The second kappa shape index (κ2) is 14.0. The van der Waals surface area contributed by atoms with Crippen molar-refractivity contribution in [1.82, 2.24) is 14.6 Å². The molecule has 0 saturated carbocycles. The average Bonchev–Trinajstić information content (AvgIpc) is 3.45. The van der Waals surface area contributed by atoms with Crippen molar-refractivity contribution >= 4 is 17.4 Å². The fraction of sp³-hybridized carbons (Fsp3) is 0.410. The number of carboxylic acids is 1. The van der Waals surface area contributed by atoms with Gasteiger partial charge in [-0.15, -0.1) is 13.0 Å². The van der Waals surface area contributed by atoms with E-state index in [9.17, 15) is 9.90 Å². The number of hydrogen-bond donors (Lipinski definition) is 1. The third-order valence-electron chi connectivity index (χ3n) is 8.62. The first-order chi connectivity index (χ1) is 23.1. The van der Waals surface area contributed by atoms with Crippen LogP contribution in [0.1, 0.15) is 70.4 Å². The van der Waals surface area contributed by atoms with E-state index in [1.165, 1.54) is 6.07 Å². The van der Waals surface area contributed by atoms with Gasteiger partial charge in [0.2, 0.25) is 0 Å². The summed E-state index contributed by atoms with van der Waals surface area (Å²) in [6.07, 6.45) is 6.89. The Hall–Kier alpha value is -4.72. The van der Waals surface area contributed by atoms with Gasteiger partial charge in [0, 0.05) is 30.4 Å². The van der Waals surface area contributed by atoms with Crippen LogP contribution in [0.2, 0.25) is 0 Å². The number of aliphatic carboxylic acids is 1. The number of carboxylic acid groups (broad SMARTS) is 1. The summed E-state index contributed by atoms with van der Waals surface area (Å²) in [6.45, 7) is 18.3. The number of halogens is 1. The molecular weight excluding hydrogens is 623 g/mol. The number of nitrogens with zero attached hydrogens (tertiary/aromatic N) is 4. The van der Waals surface area contributed by atoms with Crippen LogP contribution in [0.3, 0.4) is 0 Å². The standard InChI is InChI=1S/C39H45FN4O5/c1-10-19-47-39(9)15-17-43(18-16-39)36-33(35(37(45)46)49-38(6,7)8)26(5)41-32-23-30(42-44(32)36)27-13-12-14-28(22-27)34-29(40)20-24(3)21-31(34)48-25(4)11-2/h2,10,12-14,20-23,25,35H,1,15-19H2,3-9H3,(H,45,46)/t25-,35?/m0/s1. The van der Waals surface area contributed by atoms with E-state index >= 15 is 4.39 Å². The Bertz CT molecular complexity index is 1910. The fourth-order valence-electron chi connectivity index (χ4n) is 6.19. The SMILES string of the molecule is C#C[C@H](C)Oc1cc(C)cc(F)c1-c1cccc(-c2cc3nc(C)c(C(OC(C)(C)C)C(=O)O)c(N4CCC(C)(OCC=C)CC4)n3n2)c1. The van der Waals surface area contributed by atoms with Crippen LogP contribution in [-0.4, -0.2) is 62.7 Å². The van der Waals surface area contributed by atoms with Gasteiger partial charge in [0.15, 0.2) is 17.9 Å². The number of aromatic nitrogens is 3. The van der Waals surface area contributed by atoms with Gasteiger partial charge in [-0.2, -0.15) is 9.61 Å². The molecule has 0 spiro atoms. The molecule has 10 heteroatoms. The minimum absolute atomic E-state index is 0.300. The Morgan fingerprint density at radius 1 is 1.18 bits per heavy atom. The number of rotatable bonds is 11. The van der Waals surface area contributed by atoms with Gasteiger partial charge in [-0.25, -0.2) is 14.2 Å². The molecule has 2 atom stereocenters.